The zero-order valence-electron chi connectivity index (χ0n) is 63.7. The Labute approximate surface area is 686 Å². The summed E-state index contributed by atoms with van der Waals surface area (Å²) >= 11 is 1.85. The van der Waals surface area contributed by atoms with E-state index >= 15 is 4.39 Å². The number of fused-ring (bicyclic) bond motifs is 8. The Hall–Kier alpha value is -14.6. The fourth-order valence-corrected chi connectivity index (χ4v) is 19.8. The summed E-state index contributed by atoms with van der Waals surface area (Å²) in [6, 6.07) is 158. The third-order valence-corrected chi connectivity index (χ3v) is 24.8. The average Bonchev–Trinajstić information content (AvgIpc) is 0.685. The van der Waals surface area contributed by atoms with E-state index in [0.29, 0.717) is 0 Å². The van der Waals surface area contributed by atoms with Gasteiger partial charge in [0.1, 0.15) is 5.82 Å². The van der Waals surface area contributed by atoms with Crippen LogP contribution in [-0.2, 0) is 0 Å². The zero-order valence-corrected chi connectivity index (χ0v) is 64.6. The van der Waals surface area contributed by atoms with Crippen LogP contribution in [0.25, 0.3) is 66.8 Å². The van der Waals surface area contributed by atoms with Crippen molar-refractivity contribution in [3.8, 4) is 66.8 Å². The molecule has 22 rings (SSSR count). The quantitative estimate of drug-likeness (QED) is 0.0944. The number of hydrogen-bond acceptors (Lipinski definition) is 6. The van der Waals surface area contributed by atoms with Crippen molar-refractivity contribution in [3.05, 3.63) is 443 Å². The molecule has 0 bridgehead atoms. The molecule has 4 aliphatic heterocycles. The van der Waals surface area contributed by atoms with Gasteiger partial charge in [-0.2, -0.15) is 0 Å². The van der Waals surface area contributed by atoms with Crippen LogP contribution < -0.4 is 57.3 Å². The molecule has 5 nitrogen and oxygen atoms in total. The van der Waals surface area contributed by atoms with E-state index in [1.807, 2.05) is 11.8 Å². The summed E-state index contributed by atoms with van der Waals surface area (Å²) in [5.74, 6) is -0.327. The van der Waals surface area contributed by atoms with Gasteiger partial charge in [0.15, 0.2) is 0 Å². The second kappa shape index (κ2) is 29.1. The highest BCUT2D eigenvalue weighted by atomic mass is 32.2. The lowest BCUT2D eigenvalue weighted by atomic mass is 9.31. The van der Waals surface area contributed by atoms with Crippen LogP contribution in [0.3, 0.4) is 0 Å². The molecular weight excluding hydrogens is 1440 g/mol. The van der Waals surface area contributed by atoms with Gasteiger partial charge in [-0.1, -0.05) is 339 Å². The van der Waals surface area contributed by atoms with Gasteiger partial charge in [0.2, 0.25) is 6.71 Å². The number of hydrogen-bond donors (Lipinski definition) is 0. The zero-order chi connectivity index (χ0) is 77.4. The maximum absolute atomic E-state index is 17.8. The van der Waals surface area contributed by atoms with Gasteiger partial charge in [-0.15, -0.1) is 0 Å². The molecule has 0 fully saturated rings. The molecular formula is C108H72B2FN5S. The third kappa shape index (κ3) is 12.0. The molecule has 0 N–H and O–H groups in total. The molecule has 18 aromatic carbocycles. The second-order valence-corrected chi connectivity index (χ2v) is 31.4. The molecule has 4 aliphatic rings. The van der Waals surface area contributed by atoms with E-state index in [1.54, 1.807) is 12.1 Å². The van der Waals surface area contributed by atoms with Gasteiger partial charge < -0.3 is 24.5 Å². The van der Waals surface area contributed by atoms with E-state index in [9.17, 15) is 0 Å². The minimum Gasteiger partial charge on any atom is -0.311 e. The molecule has 117 heavy (non-hydrogen) atoms. The first kappa shape index (κ1) is 69.1. The fraction of sp³-hybridized carbons (Fsp3) is 0. The van der Waals surface area contributed by atoms with Gasteiger partial charge >= 0.3 is 0 Å². The number of anilines is 15. The van der Waals surface area contributed by atoms with E-state index in [1.165, 1.54) is 21.9 Å². The second-order valence-electron chi connectivity index (χ2n) is 30.3. The van der Waals surface area contributed by atoms with E-state index in [0.717, 1.165) is 173 Å². The van der Waals surface area contributed by atoms with Crippen molar-refractivity contribution in [1.82, 2.24) is 0 Å². The molecule has 0 atom stereocenters. The van der Waals surface area contributed by atoms with Crippen molar-refractivity contribution in [2.24, 2.45) is 0 Å². The Balaban J connectivity index is 0.849. The minimum absolute atomic E-state index is 0.231. The van der Waals surface area contributed by atoms with Crippen LogP contribution in [0.1, 0.15) is 0 Å². The number of halogens is 1. The molecule has 0 spiro atoms. The summed E-state index contributed by atoms with van der Waals surface area (Å²) in [6.45, 7) is -0.558. The Kier molecular flexibility index (Phi) is 17.2. The average molecular weight is 1510 g/mol. The van der Waals surface area contributed by atoms with Crippen molar-refractivity contribution < 1.29 is 4.39 Å². The number of para-hydroxylation sites is 6. The highest BCUT2D eigenvalue weighted by Crippen LogP contribution is 2.56. The van der Waals surface area contributed by atoms with Gasteiger partial charge in [0.05, 0.1) is 22.7 Å². The summed E-state index contributed by atoms with van der Waals surface area (Å²) in [5, 5.41) is 0. The van der Waals surface area contributed by atoms with E-state index in [-0.39, 0.29) is 19.2 Å². The number of nitrogens with zero attached hydrogens (tertiary/aromatic N) is 5. The molecule has 0 unspecified atom stereocenters. The van der Waals surface area contributed by atoms with Crippen LogP contribution in [0.15, 0.2) is 447 Å². The monoisotopic (exact) mass is 1510 g/mol. The van der Waals surface area contributed by atoms with Crippen molar-refractivity contribution in [2.75, 3.05) is 24.5 Å². The normalized spacial score (nSPS) is 12.5. The maximum Gasteiger partial charge on any atom is 0.252 e. The maximum atomic E-state index is 17.8. The van der Waals surface area contributed by atoms with Crippen molar-refractivity contribution in [2.45, 2.75) is 9.79 Å². The van der Waals surface area contributed by atoms with E-state index < -0.39 is 0 Å². The first-order valence-corrected chi connectivity index (χ1v) is 40.9. The van der Waals surface area contributed by atoms with Crippen LogP contribution in [0, 0.1) is 5.82 Å². The molecule has 0 aromatic heterocycles. The van der Waals surface area contributed by atoms with Crippen molar-refractivity contribution in [1.29, 1.82) is 0 Å². The smallest absolute Gasteiger partial charge is 0.252 e. The topological polar surface area (TPSA) is 16.2 Å². The first-order chi connectivity index (χ1) is 58.0. The molecule has 0 amide bonds. The lowest BCUT2D eigenvalue weighted by Crippen LogP contribution is -2.64. The Morgan fingerprint density at radius 1 is 0.222 bits per heavy atom. The van der Waals surface area contributed by atoms with Crippen LogP contribution in [0.5, 0.6) is 0 Å². The van der Waals surface area contributed by atoms with Gasteiger partial charge in [-0.05, 0) is 187 Å². The molecule has 18 aromatic rings. The highest BCUT2D eigenvalue weighted by Gasteiger charge is 2.49. The van der Waals surface area contributed by atoms with Crippen molar-refractivity contribution >= 4 is 143 Å². The van der Waals surface area contributed by atoms with Gasteiger partial charge in [0.25, 0.3) is 6.71 Å². The summed E-state index contributed by atoms with van der Waals surface area (Å²) in [7, 11) is 0. The minimum atomic E-state index is -0.327. The standard InChI is InChI=1S/C108H72B2FN5S/c111-81-65-90(79-41-17-5-18-42-79)108(91(66-81)80-43-19-6-20-44-80)116-100-72-104-95(110-93-52-28-32-56-99(93)115(83-47-23-8-24-48-83)103-69-87(70-105(117-104)107(103)110)113(85-63-59-76(60-64-85)74-35-11-2-12-36-74)97-54-30-26-50-89(97)78-39-15-4-16-40-78)71-94(100)109-92-51-27-31-55-98(92)114(82-45-21-7-22-46-82)101-67-86(68-102(116)106(101)109)112(84-61-57-75(58-62-84)73-33-9-1-10-34-73)96-53-29-25-49-88(96)77-37-13-3-14-38-77/h1-72H. The van der Waals surface area contributed by atoms with Gasteiger partial charge in [-0.3, -0.25) is 0 Å². The predicted octanol–water partition coefficient (Wildman–Crippen LogP) is 25.6. The molecule has 0 radical (unpaired) electrons. The van der Waals surface area contributed by atoms with E-state index in [4.69, 9.17) is 0 Å². The molecule has 0 aliphatic carbocycles. The van der Waals surface area contributed by atoms with Crippen molar-refractivity contribution in [3.63, 3.8) is 0 Å². The van der Waals surface area contributed by atoms with E-state index in [2.05, 4.69) is 449 Å². The van der Waals surface area contributed by atoms with Crippen LogP contribution >= 0.6 is 11.8 Å². The molecule has 4 heterocycles. The van der Waals surface area contributed by atoms with Crippen LogP contribution in [0.2, 0.25) is 0 Å². The van der Waals surface area contributed by atoms with Gasteiger partial charge in [0, 0.05) is 94.6 Å². The fourth-order valence-electron chi connectivity index (χ4n) is 18.6. The molecule has 0 saturated heterocycles. The first-order valence-electron chi connectivity index (χ1n) is 40.0. The Morgan fingerprint density at radius 3 is 1.01 bits per heavy atom. The summed E-state index contributed by atoms with van der Waals surface area (Å²) in [4.78, 5) is 14.8. The SMILES string of the molecule is Fc1cc(-c2ccccc2)c(N2c3cc4c(cc3B3c5ccccc5N(c5ccccc5)c5cc(N(c6ccc(-c7ccccc7)cc6)c6ccccc6-c6ccccc6)cc2c53)B2c3ccccc3N(c3ccccc3)c3cc(N(c5ccc(-c6ccccc6)cc5)c5ccccc5-c5ccccc5)cc(c32)S4)c(-c2ccccc2)c1. The highest BCUT2D eigenvalue weighted by molar-refractivity contribution is 8.00. The Morgan fingerprint density at radius 2 is 0.564 bits per heavy atom. The number of rotatable bonds is 15. The molecule has 0 saturated carbocycles. The summed E-state index contributed by atoms with van der Waals surface area (Å²) < 4.78 is 17.8. The van der Waals surface area contributed by atoms with Crippen LogP contribution in [0.4, 0.5) is 89.7 Å². The summed E-state index contributed by atoms with van der Waals surface area (Å²) in [5.41, 5.74) is 34.7. The predicted molar refractivity (Wildman–Crippen MR) is 492 cm³/mol. The van der Waals surface area contributed by atoms with Gasteiger partial charge in [-0.25, -0.2) is 4.39 Å². The number of benzene rings is 18. The lowest BCUT2D eigenvalue weighted by molar-refractivity contribution is 0.629. The molecule has 9 heteroatoms. The molecule has 548 valence electrons. The third-order valence-electron chi connectivity index (χ3n) is 23.7. The largest absolute Gasteiger partial charge is 0.311 e. The van der Waals surface area contributed by atoms with Crippen LogP contribution in [-0.4, -0.2) is 13.4 Å². The lowest BCUT2D eigenvalue weighted by Gasteiger charge is -2.46. The summed E-state index contributed by atoms with van der Waals surface area (Å²) in [6.07, 6.45) is 0. The Bertz CT molecular complexity index is 6750.